The molecule has 0 aliphatic rings. The van der Waals surface area contributed by atoms with Gasteiger partial charge in [-0.3, -0.25) is 4.79 Å². The number of alkyl halides is 4. The van der Waals surface area contributed by atoms with Gasteiger partial charge in [0.25, 0.3) is 0 Å². The summed E-state index contributed by atoms with van der Waals surface area (Å²) in [6.45, 7) is 0. The van der Waals surface area contributed by atoms with Gasteiger partial charge < -0.3 is 4.74 Å². The molecule has 0 aliphatic heterocycles. The van der Waals surface area contributed by atoms with Crippen LogP contribution in [0.4, 0.5) is 13.2 Å². The third-order valence-electron chi connectivity index (χ3n) is 2.17. The van der Waals surface area contributed by atoms with Crippen LogP contribution >= 0.6 is 11.6 Å². The number of ketones is 1. The number of methoxy groups -OCH3 is 1. The van der Waals surface area contributed by atoms with Crippen molar-refractivity contribution >= 4 is 17.4 Å². The van der Waals surface area contributed by atoms with Gasteiger partial charge in [0.1, 0.15) is 11.8 Å². The van der Waals surface area contributed by atoms with Gasteiger partial charge in [0.2, 0.25) is 0 Å². The van der Waals surface area contributed by atoms with E-state index in [1.807, 2.05) is 0 Å². The van der Waals surface area contributed by atoms with Crippen LogP contribution in [0, 0.1) is 11.3 Å². The second kappa shape index (κ2) is 5.27. The Morgan fingerprint density at radius 1 is 1.50 bits per heavy atom. The van der Waals surface area contributed by atoms with Gasteiger partial charge in [-0.1, -0.05) is 0 Å². The Morgan fingerprint density at radius 3 is 2.50 bits per heavy atom. The van der Waals surface area contributed by atoms with Gasteiger partial charge in [-0.05, 0) is 12.1 Å². The first-order valence-corrected chi connectivity index (χ1v) is 5.17. The zero-order valence-electron chi connectivity index (χ0n) is 9.14. The SMILES string of the molecule is COc1cc(C(F)(F)F)cc(C#N)c1C(=O)CCl. The molecule has 1 aromatic carbocycles. The number of carbonyl (C=O) groups excluding carboxylic acids is 1. The Hall–Kier alpha value is -1.74. The average molecular weight is 278 g/mol. The molecule has 0 fully saturated rings. The molecular formula is C11H7ClF3NO2. The Labute approximate surface area is 106 Å². The first-order chi connectivity index (χ1) is 8.35. The quantitative estimate of drug-likeness (QED) is 0.630. The molecule has 0 unspecified atom stereocenters. The van der Waals surface area contributed by atoms with Gasteiger partial charge in [0.05, 0.1) is 29.7 Å². The third-order valence-corrected chi connectivity index (χ3v) is 2.41. The van der Waals surface area contributed by atoms with E-state index in [0.29, 0.717) is 12.1 Å². The zero-order valence-corrected chi connectivity index (χ0v) is 9.89. The summed E-state index contributed by atoms with van der Waals surface area (Å²) < 4.78 is 42.4. The number of nitriles is 1. The van der Waals surface area contributed by atoms with Crippen molar-refractivity contribution in [1.29, 1.82) is 5.26 Å². The molecule has 0 saturated carbocycles. The molecule has 18 heavy (non-hydrogen) atoms. The minimum absolute atomic E-state index is 0.233. The summed E-state index contributed by atoms with van der Waals surface area (Å²) in [6, 6.07) is 2.81. The topological polar surface area (TPSA) is 50.1 Å². The molecule has 1 aromatic rings. The predicted molar refractivity (Wildman–Crippen MR) is 57.8 cm³/mol. The highest BCUT2D eigenvalue weighted by molar-refractivity contribution is 6.31. The van der Waals surface area contributed by atoms with Crippen LogP contribution in [0.25, 0.3) is 0 Å². The van der Waals surface area contributed by atoms with Crippen molar-refractivity contribution < 1.29 is 22.7 Å². The maximum Gasteiger partial charge on any atom is 0.416 e. The minimum atomic E-state index is -4.62. The number of hydrogen-bond donors (Lipinski definition) is 0. The maximum absolute atomic E-state index is 12.6. The molecule has 0 radical (unpaired) electrons. The van der Waals surface area contributed by atoms with E-state index >= 15 is 0 Å². The maximum atomic E-state index is 12.6. The highest BCUT2D eigenvalue weighted by atomic mass is 35.5. The molecule has 1 rings (SSSR count). The van der Waals surface area contributed by atoms with E-state index in [4.69, 9.17) is 21.6 Å². The number of halogens is 4. The predicted octanol–water partition coefficient (Wildman–Crippen LogP) is 3.01. The van der Waals surface area contributed by atoms with Crippen LogP contribution in [0.3, 0.4) is 0 Å². The second-order valence-electron chi connectivity index (χ2n) is 3.27. The molecule has 0 bridgehead atoms. The summed E-state index contributed by atoms with van der Waals surface area (Å²) in [7, 11) is 1.11. The largest absolute Gasteiger partial charge is 0.496 e. The highest BCUT2D eigenvalue weighted by Gasteiger charge is 2.33. The molecule has 0 saturated heterocycles. The van der Waals surface area contributed by atoms with Gasteiger partial charge in [-0.25, -0.2) is 0 Å². The monoisotopic (exact) mass is 277 g/mol. The fourth-order valence-corrected chi connectivity index (χ4v) is 1.52. The lowest BCUT2D eigenvalue weighted by Crippen LogP contribution is -2.11. The van der Waals surface area contributed by atoms with Gasteiger partial charge in [-0.15, -0.1) is 11.6 Å². The molecule has 0 spiro atoms. The standard InChI is InChI=1S/C11H7ClF3NO2/c1-18-9-3-7(11(13,14)15)2-6(5-16)10(9)8(17)4-12/h2-3H,4H2,1H3. The van der Waals surface area contributed by atoms with E-state index in [2.05, 4.69) is 0 Å². The molecule has 0 aliphatic carbocycles. The summed E-state index contributed by atoms with van der Waals surface area (Å²) in [5.41, 5.74) is -1.70. The first kappa shape index (κ1) is 14.3. The van der Waals surface area contributed by atoms with Crippen molar-refractivity contribution in [2.75, 3.05) is 13.0 Å². The summed E-state index contributed by atoms with van der Waals surface area (Å²) in [5.74, 6) is -1.43. The molecule has 0 atom stereocenters. The van der Waals surface area contributed by atoms with Crippen molar-refractivity contribution in [3.8, 4) is 11.8 Å². The lowest BCUT2D eigenvalue weighted by molar-refractivity contribution is -0.137. The molecule has 7 heteroatoms. The van der Waals surface area contributed by atoms with Gasteiger partial charge in [0, 0.05) is 0 Å². The lowest BCUT2D eigenvalue weighted by Gasteiger charge is -2.13. The van der Waals surface area contributed by atoms with Crippen LogP contribution in [-0.2, 0) is 6.18 Å². The molecule has 0 aromatic heterocycles. The van der Waals surface area contributed by atoms with Crippen LogP contribution in [-0.4, -0.2) is 18.8 Å². The van der Waals surface area contributed by atoms with Crippen molar-refractivity contribution in [1.82, 2.24) is 0 Å². The molecule has 3 nitrogen and oxygen atoms in total. The average Bonchev–Trinajstić information content (AvgIpc) is 2.34. The Bertz CT molecular complexity index is 520. The number of rotatable bonds is 3. The molecule has 0 amide bonds. The Balaban J connectivity index is 3.55. The lowest BCUT2D eigenvalue weighted by atomic mass is 10.0. The van der Waals surface area contributed by atoms with Crippen LogP contribution in [0.5, 0.6) is 5.75 Å². The summed E-state index contributed by atoms with van der Waals surface area (Å²) in [6.07, 6.45) is -4.62. The van der Waals surface area contributed by atoms with Crippen molar-refractivity contribution in [2.45, 2.75) is 6.18 Å². The number of nitrogens with zero attached hydrogens (tertiary/aromatic N) is 1. The Kier molecular flexibility index (Phi) is 4.19. The van der Waals surface area contributed by atoms with E-state index in [-0.39, 0.29) is 11.3 Å². The molecule has 0 heterocycles. The van der Waals surface area contributed by atoms with Crippen molar-refractivity contribution in [3.05, 3.63) is 28.8 Å². The second-order valence-corrected chi connectivity index (χ2v) is 3.53. The zero-order chi connectivity index (χ0) is 13.9. The summed E-state index contributed by atoms with van der Waals surface area (Å²) >= 11 is 5.34. The molecule has 96 valence electrons. The van der Waals surface area contributed by atoms with Crippen molar-refractivity contribution in [2.24, 2.45) is 0 Å². The van der Waals surface area contributed by atoms with E-state index < -0.39 is 29.0 Å². The number of Topliss-reactive ketones (excluding diaryl/α,β-unsaturated/α-hetero) is 1. The highest BCUT2D eigenvalue weighted by Crippen LogP contribution is 2.35. The van der Waals surface area contributed by atoms with E-state index in [1.165, 1.54) is 6.07 Å². The third kappa shape index (κ3) is 2.74. The Morgan fingerprint density at radius 2 is 2.11 bits per heavy atom. The number of carbonyl (C=O) groups is 1. The molecule has 0 N–H and O–H groups in total. The van der Waals surface area contributed by atoms with Crippen molar-refractivity contribution in [3.63, 3.8) is 0 Å². The summed E-state index contributed by atoms with van der Waals surface area (Å²) in [4.78, 5) is 11.5. The van der Waals surface area contributed by atoms with Crippen LogP contribution in [0.15, 0.2) is 12.1 Å². The minimum Gasteiger partial charge on any atom is -0.496 e. The van der Waals surface area contributed by atoms with Gasteiger partial charge in [0.15, 0.2) is 5.78 Å². The smallest absolute Gasteiger partial charge is 0.416 e. The number of hydrogen-bond acceptors (Lipinski definition) is 3. The van der Waals surface area contributed by atoms with E-state index in [0.717, 1.165) is 7.11 Å². The van der Waals surface area contributed by atoms with E-state index in [1.54, 1.807) is 0 Å². The first-order valence-electron chi connectivity index (χ1n) is 4.63. The molecular weight excluding hydrogens is 271 g/mol. The van der Waals surface area contributed by atoms with Crippen LogP contribution in [0.2, 0.25) is 0 Å². The van der Waals surface area contributed by atoms with Crippen LogP contribution in [0.1, 0.15) is 21.5 Å². The fraction of sp³-hybridized carbons (Fsp3) is 0.273. The van der Waals surface area contributed by atoms with Gasteiger partial charge in [-0.2, -0.15) is 18.4 Å². The number of benzene rings is 1. The fourth-order valence-electron chi connectivity index (χ4n) is 1.38. The normalized spacial score (nSPS) is 10.9. The number of ether oxygens (including phenoxy) is 1. The summed E-state index contributed by atoms with van der Waals surface area (Å²) in [5, 5.41) is 8.80. The van der Waals surface area contributed by atoms with Gasteiger partial charge >= 0.3 is 6.18 Å². The van der Waals surface area contributed by atoms with Crippen LogP contribution < -0.4 is 4.74 Å². The van der Waals surface area contributed by atoms with E-state index in [9.17, 15) is 18.0 Å².